The van der Waals surface area contributed by atoms with Gasteiger partial charge in [-0.3, -0.25) is 4.79 Å². The summed E-state index contributed by atoms with van der Waals surface area (Å²) in [6.07, 6.45) is 1.58. The third kappa shape index (κ3) is 4.55. The van der Waals surface area contributed by atoms with Gasteiger partial charge in [-0.25, -0.2) is 0 Å². The highest BCUT2D eigenvalue weighted by atomic mass is 16.7. The molecule has 0 radical (unpaired) electrons. The molecular formula is C18H27NO3. The molecule has 0 saturated carbocycles. The molecule has 1 N–H and O–H groups in total. The highest BCUT2D eigenvalue weighted by Gasteiger charge is 2.28. The molecule has 0 atom stereocenters. The summed E-state index contributed by atoms with van der Waals surface area (Å²) in [6.45, 7) is 10.4. The first-order chi connectivity index (χ1) is 10.3. The molecule has 1 aromatic carbocycles. The zero-order valence-corrected chi connectivity index (χ0v) is 14.1. The number of hydrogen-bond donors (Lipinski definition) is 1. The topological polar surface area (TPSA) is 47.6 Å². The second-order valence-electron chi connectivity index (χ2n) is 7.02. The fourth-order valence-corrected chi connectivity index (χ4v) is 2.45. The summed E-state index contributed by atoms with van der Waals surface area (Å²) in [5.41, 5.74) is 2.00. The van der Waals surface area contributed by atoms with Gasteiger partial charge in [-0.05, 0) is 36.5 Å². The predicted molar refractivity (Wildman–Crippen MR) is 87.0 cm³/mol. The Bertz CT molecular complexity index is 496. The van der Waals surface area contributed by atoms with Gasteiger partial charge in [0.15, 0.2) is 5.79 Å². The van der Waals surface area contributed by atoms with Crippen LogP contribution < -0.4 is 5.32 Å². The van der Waals surface area contributed by atoms with Gasteiger partial charge in [0, 0.05) is 18.5 Å². The maximum atomic E-state index is 12.2. The van der Waals surface area contributed by atoms with Crippen molar-refractivity contribution in [3.8, 4) is 0 Å². The fraction of sp³-hybridized carbons (Fsp3) is 0.611. The maximum absolute atomic E-state index is 12.2. The molecule has 122 valence electrons. The lowest BCUT2D eigenvalue weighted by Gasteiger charge is -2.33. The first kappa shape index (κ1) is 17.0. The highest BCUT2D eigenvalue weighted by molar-refractivity contribution is 5.94. The fourth-order valence-electron chi connectivity index (χ4n) is 2.45. The minimum Gasteiger partial charge on any atom is -0.352 e. The molecule has 1 aromatic rings. The zero-order valence-electron chi connectivity index (χ0n) is 14.1. The quantitative estimate of drug-likeness (QED) is 0.929. The van der Waals surface area contributed by atoms with Crippen LogP contribution in [0.3, 0.4) is 0 Å². The SMILES string of the molecule is CC1(CCNC(=O)c2ccc(C(C)(C)C)cc2)OCCCO1. The standard InChI is InChI=1S/C18H27NO3/c1-17(2,3)15-8-6-14(7-9-15)16(20)19-11-10-18(4)21-12-5-13-22-18/h6-9H,5,10-13H2,1-4H3,(H,19,20). The van der Waals surface area contributed by atoms with E-state index < -0.39 is 5.79 Å². The molecule has 1 saturated heterocycles. The summed E-state index contributed by atoms with van der Waals surface area (Å²) in [7, 11) is 0. The number of benzene rings is 1. The Labute approximate surface area is 133 Å². The van der Waals surface area contributed by atoms with E-state index in [0.29, 0.717) is 18.5 Å². The van der Waals surface area contributed by atoms with Crippen LogP contribution in [-0.4, -0.2) is 31.5 Å². The second kappa shape index (κ2) is 6.80. The van der Waals surface area contributed by atoms with Crippen LogP contribution in [0, 0.1) is 0 Å². The van der Waals surface area contributed by atoms with E-state index in [2.05, 4.69) is 26.1 Å². The molecule has 0 aliphatic carbocycles. The molecule has 0 bridgehead atoms. The van der Waals surface area contributed by atoms with E-state index in [1.54, 1.807) is 0 Å². The first-order valence-electron chi connectivity index (χ1n) is 7.97. The second-order valence-corrected chi connectivity index (χ2v) is 7.02. The van der Waals surface area contributed by atoms with Crippen LogP contribution in [0.25, 0.3) is 0 Å². The van der Waals surface area contributed by atoms with Crippen LogP contribution in [0.5, 0.6) is 0 Å². The summed E-state index contributed by atoms with van der Waals surface area (Å²) >= 11 is 0. The molecule has 4 nitrogen and oxygen atoms in total. The van der Waals surface area contributed by atoms with Crippen LogP contribution in [0.1, 0.15) is 56.5 Å². The van der Waals surface area contributed by atoms with Crippen molar-refractivity contribution in [1.82, 2.24) is 5.32 Å². The number of amides is 1. The number of ether oxygens (including phenoxy) is 2. The molecule has 1 amide bonds. The average molecular weight is 305 g/mol. The van der Waals surface area contributed by atoms with Crippen LogP contribution in [0.4, 0.5) is 0 Å². The molecule has 1 aliphatic heterocycles. The number of hydrogen-bond acceptors (Lipinski definition) is 3. The first-order valence-corrected chi connectivity index (χ1v) is 7.97. The van der Waals surface area contributed by atoms with Gasteiger partial charge in [0.05, 0.1) is 13.2 Å². The molecule has 0 spiro atoms. The van der Waals surface area contributed by atoms with Crippen LogP contribution in [0.2, 0.25) is 0 Å². The minimum atomic E-state index is -0.568. The summed E-state index contributed by atoms with van der Waals surface area (Å²) in [5.74, 6) is -0.624. The molecule has 0 aromatic heterocycles. The number of carbonyl (C=O) groups is 1. The third-order valence-corrected chi connectivity index (χ3v) is 3.98. The Balaban J connectivity index is 1.84. The van der Waals surface area contributed by atoms with Crippen molar-refractivity contribution in [3.05, 3.63) is 35.4 Å². The average Bonchev–Trinajstić information content (AvgIpc) is 2.47. The van der Waals surface area contributed by atoms with Gasteiger partial charge in [-0.15, -0.1) is 0 Å². The van der Waals surface area contributed by atoms with Gasteiger partial charge in [-0.2, -0.15) is 0 Å². The van der Waals surface area contributed by atoms with Crippen molar-refractivity contribution >= 4 is 5.91 Å². The van der Waals surface area contributed by atoms with Gasteiger partial charge >= 0.3 is 0 Å². The van der Waals surface area contributed by atoms with Crippen LogP contribution >= 0.6 is 0 Å². The Morgan fingerprint density at radius 2 is 1.77 bits per heavy atom. The molecule has 2 rings (SSSR count). The Hall–Kier alpha value is -1.39. The largest absolute Gasteiger partial charge is 0.352 e. The third-order valence-electron chi connectivity index (χ3n) is 3.98. The number of carbonyl (C=O) groups excluding carboxylic acids is 1. The minimum absolute atomic E-state index is 0.0557. The van der Waals surface area contributed by atoms with Gasteiger partial charge in [0.1, 0.15) is 0 Å². The molecular weight excluding hydrogens is 278 g/mol. The number of rotatable bonds is 4. The van der Waals surface area contributed by atoms with E-state index in [1.165, 1.54) is 5.56 Å². The Morgan fingerprint density at radius 1 is 1.18 bits per heavy atom. The van der Waals surface area contributed by atoms with Gasteiger partial charge in [0.25, 0.3) is 5.91 Å². The summed E-state index contributed by atoms with van der Waals surface area (Å²) in [5, 5.41) is 2.93. The van der Waals surface area contributed by atoms with Crippen LogP contribution in [-0.2, 0) is 14.9 Å². The van der Waals surface area contributed by atoms with Crippen molar-refractivity contribution in [3.63, 3.8) is 0 Å². The highest BCUT2D eigenvalue weighted by Crippen LogP contribution is 2.23. The van der Waals surface area contributed by atoms with Crippen molar-refractivity contribution < 1.29 is 14.3 Å². The summed E-state index contributed by atoms with van der Waals surface area (Å²) in [4.78, 5) is 12.2. The van der Waals surface area contributed by atoms with E-state index in [9.17, 15) is 4.79 Å². The molecule has 1 heterocycles. The predicted octanol–water partition coefficient (Wildman–Crippen LogP) is 3.26. The number of nitrogens with one attached hydrogen (secondary N) is 1. The normalized spacial score (nSPS) is 18.0. The van der Waals surface area contributed by atoms with Gasteiger partial charge < -0.3 is 14.8 Å². The Morgan fingerprint density at radius 3 is 2.32 bits per heavy atom. The molecule has 1 aliphatic rings. The molecule has 0 unspecified atom stereocenters. The summed E-state index contributed by atoms with van der Waals surface area (Å²) < 4.78 is 11.3. The molecule has 1 fully saturated rings. The lowest BCUT2D eigenvalue weighted by molar-refractivity contribution is -0.257. The van der Waals surface area contributed by atoms with Crippen molar-refractivity contribution in [1.29, 1.82) is 0 Å². The maximum Gasteiger partial charge on any atom is 0.251 e. The van der Waals surface area contributed by atoms with Crippen molar-refractivity contribution in [2.24, 2.45) is 0 Å². The summed E-state index contributed by atoms with van der Waals surface area (Å²) in [6, 6.07) is 7.80. The van der Waals surface area contributed by atoms with Gasteiger partial charge in [-0.1, -0.05) is 32.9 Å². The van der Waals surface area contributed by atoms with E-state index >= 15 is 0 Å². The Kier molecular flexibility index (Phi) is 5.24. The smallest absolute Gasteiger partial charge is 0.251 e. The zero-order chi connectivity index (χ0) is 16.2. The monoisotopic (exact) mass is 305 g/mol. The molecule has 4 heteroatoms. The molecule has 22 heavy (non-hydrogen) atoms. The van der Waals surface area contributed by atoms with E-state index in [-0.39, 0.29) is 11.3 Å². The van der Waals surface area contributed by atoms with E-state index in [1.807, 2.05) is 31.2 Å². The lowest BCUT2D eigenvalue weighted by Crippen LogP contribution is -2.40. The van der Waals surface area contributed by atoms with Crippen molar-refractivity contribution in [2.45, 2.75) is 51.7 Å². The lowest BCUT2D eigenvalue weighted by atomic mass is 9.87. The van der Waals surface area contributed by atoms with Crippen LogP contribution in [0.15, 0.2) is 24.3 Å². The van der Waals surface area contributed by atoms with Gasteiger partial charge in [0.2, 0.25) is 0 Å². The van der Waals surface area contributed by atoms with E-state index in [4.69, 9.17) is 9.47 Å². The van der Waals surface area contributed by atoms with Crippen molar-refractivity contribution in [2.75, 3.05) is 19.8 Å². The van der Waals surface area contributed by atoms with E-state index in [0.717, 1.165) is 19.6 Å².